The largest absolute Gasteiger partial charge is 2.00 e. The van der Waals surface area contributed by atoms with Crippen LogP contribution in [-0.2, 0) is 38.7 Å². The quantitative estimate of drug-likeness (QED) is 0.516. The van der Waals surface area contributed by atoms with Crippen LogP contribution in [0.1, 0.15) is 20.8 Å². The Morgan fingerprint density at radius 3 is 0.786 bits per heavy atom. The molecule has 0 amide bonds. The van der Waals surface area contributed by atoms with Gasteiger partial charge in [0.1, 0.15) is 0 Å². The maximum Gasteiger partial charge on any atom is 2.00 e. The van der Waals surface area contributed by atoms with Gasteiger partial charge in [0.15, 0.2) is 0 Å². The minimum Gasteiger partial charge on any atom is -2.00 e. The minimum atomic E-state index is 0. The average Bonchev–Trinajstić information content (AvgIpc) is 2.18. The summed E-state index contributed by atoms with van der Waals surface area (Å²) >= 11 is 0. The third kappa shape index (κ3) is 144. The van der Waals surface area contributed by atoms with Crippen LogP contribution in [0.5, 0.6) is 0 Å². The molecule has 0 aliphatic rings. The molecule has 0 aromatic rings. The van der Waals surface area contributed by atoms with E-state index in [0.717, 1.165) is 0 Å². The van der Waals surface area contributed by atoms with Gasteiger partial charge in [0.2, 0.25) is 0 Å². The molecule has 3 N–H and O–H groups in total. The summed E-state index contributed by atoms with van der Waals surface area (Å²) in [6.07, 6.45) is 0. The second-order valence-corrected chi connectivity index (χ2v) is 1.25. The number of hydrogen-bond acceptors (Lipinski definition) is 6. The third-order valence-electron chi connectivity index (χ3n) is 0.387. The minimum absolute atomic E-state index is 0. The van der Waals surface area contributed by atoms with E-state index in [2.05, 4.69) is 14.7 Å². The van der Waals surface area contributed by atoms with Gasteiger partial charge in [-0.15, -0.1) is 0 Å². The SMILES string of the molecule is CCOO.CCOO.CCOO.[O-2].[V+2]. The topological polar surface area (TPSA) is 117 Å². The van der Waals surface area contributed by atoms with E-state index in [0.29, 0.717) is 19.8 Å². The van der Waals surface area contributed by atoms with Gasteiger partial charge >= 0.3 is 18.6 Å². The summed E-state index contributed by atoms with van der Waals surface area (Å²) in [6.45, 7) is 6.25. The normalized spacial score (nSPS) is 6.43. The van der Waals surface area contributed by atoms with Crippen LogP contribution >= 0.6 is 0 Å². The molecule has 0 spiro atoms. The van der Waals surface area contributed by atoms with Gasteiger partial charge in [-0.2, -0.15) is 0 Å². The van der Waals surface area contributed by atoms with Crippen molar-refractivity contribution in [2.45, 2.75) is 20.8 Å². The molecular weight excluding hydrogens is 235 g/mol. The van der Waals surface area contributed by atoms with Gasteiger partial charge in [-0.05, 0) is 20.8 Å². The van der Waals surface area contributed by atoms with E-state index in [1.54, 1.807) is 20.8 Å². The molecule has 0 heterocycles. The molecule has 0 rings (SSSR count). The van der Waals surface area contributed by atoms with Gasteiger partial charge in [0.25, 0.3) is 0 Å². The molecule has 0 aliphatic carbocycles. The Bertz CT molecular complexity index is 33.7. The number of hydrogen-bond donors (Lipinski definition) is 3. The van der Waals surface area contributed by atoms with Crippen LogP contribution in [0.4, 0.5) is 0 Å². The average molecular weight is 253 g/mol. The Balaban J connectivity index is -0.0000000270. The van der Waals surface area contributed by atoms with E-state index in [1.807, 2.05) is 0 Å². The van der Waals surface area contributed by atoms with Crippen molar-refractivity contribution in [1.82, 2.24) is 0 Å². The first-order valence-corrected chi connectivity index (χ1v) is 3.54. The summed E-state index contributed by atoms with van der Waals surface area (Å²) in [4.78, 5) is 10.6. The van der Waals surface area contributed by atoms with E-state index < -0.39 is 0 Å². The predicted molar refractivity (Wildman–Crippen MR) is 43.5 cm³/mol. The Kier molecular flexibility index (Phi) is 106. The molecule has 0 fully saturated rings. The van der Waals surface area contributed by atoms with Gasteiger partial charge in [0.05, 0.1) is 19.8 Å². The van der Waals surface area contributed by atoms with Crippen LogP contribution in [-0.4, -0.2) is 35.6 Å². The summed E-state index contributed by atoms with van der Waals surface area (Å²) in [5.74, 6) is 0. The maximum atomic E-state index is 7.38. The zero-order chi connectivity index (χ0) is 10.2. The fraction of sp³-hybridized carbons (Fsp3) is 1.00. The zero-order valence-electron chi connectivity index (χ0n) is 8.54. The first-order chi connectivity index (χ1) is 5.74. The van der Waals surface area contributed by atoms with Crippen molar-refractivity contribution in [2.75, 3.05) is 19.8 Å². The van der Waals surface area contributed by atoms with Gasteiger partial charge in [-0.25, -0.2) is 14.7 Å². The van der Waals surface area contributed by atoms with Crippen molar-refractivity contribution in [3.63, 3.8) is 0 Å². The molecule has 0 unspecified atom stereocenters. The summed E-state index contributed by atoms with van der Waals surface area (Å²) in [6, 6.07) is 0. The monoisotopic (exact) mass is 253 g/mol. The Labute approximate surface area is 95.6 Å². The Morgan fingerprint density at radius 1 is 0.714 bits per heavy atom. The van der Waals surface area contributed by atoms with Crippen LogP contribution in [0.15, 0.2) is 0 Å². The van der Waals surface area contributed by atoms with Crippen LogP contribution in [0.3, 0.4) is 0 Å². The van der Waals surface area contributed by atoms with Crippen LogP contribution in [0, 0.1) is 0 Å². The zero-order valence-corrected chi connectivity index (χ0v) is 9.94. The maximum absolute atomic E-state index is 7.38. The van der Waals surface area contributed by atoms with Crippen molar-refractivity contribution in [2.24, 2.45) is 0 Å². The molecule has 1 radical (unpaired) electrons. The first kappa shape index (κ1) is 29.2. The fourth-order valence-electron chi connectivity index (χ4n) is 0. The van der Waals surface area contributed by atoms with Crippen LogP contribution in [0.25, 0.3) is 0 Å². The molecule has 14 heavy (non-hydrogen) atoms. The molecule has 0 aromatic heterocycles. The summed E-state index contributed by atoms with van der Waals surface area (Å²) in [7, 11) is 0. The van der Waals surface area contributed by atoms with Crippen molar-refractivity contribution < 1.29 is 54.5 Å². The second-order valence-electron chi connectivity index (χ2n) is 1.25. The summed E-state index contributed by atoms with van der Waals surface area (Å²) in [5.41, 5.74) is 0. The molecule has 89 valence electrons. The molecule has 8 heteroatoms. The van der Waals surface area contributed by atoms with Crippen LogP contribution in [0.2, 0.25) is 0 Å². The summed E-state index contributed by atoms with van der Waals surface area (Å²) < 4.78 is 0. The Morgan fingerprint density at radius 2 is 0.786 bits per heavy atom. The van der Waals surface area contributed by atoms with Crippen molar-refractivity contribution in [1.29, 1.82) is 0 Å². The van der Waals surface area contributed by atoms with E-state index in [1.165, 1.54) is 0 Å². The third-order valence-corrected chi connectivity index (χ3v) is 0.387. The van der Waals surface area contributed by atoms with E-state index in [4.69, 9.17) is 15.8 Å². The molecule has 0 aromatic carbocycles. The Hall–Kier alpha value is 0.304. The standard InChI is InChI=1S/3C2H6O2.O.V/c3*1-2-4-3;;/h3*3H,2H2,1H3;;/q;;;-2;+2. The fourth-order valence-corrected chi connectivity index (χ4v) is 0. The van der Waals surface area contributed by atoms with Gasteiger partial charge in [0, 0.05) is 0 Å². The first-order valence-electron chi connectivity index (χ1n) is 3.54. The molecule has 0 bridgehead atoms. The van der Waals surface area contributed by atoms with Crippen molar-refractivity contribution in [3.8, 4) is 0 Å². The predicted octanol–water partition coefficient (Wildman–Crippen LogP) is 1.37. The van der Waals surface area contributed by atoms with E-state index in [-0.39, 0.29) is 24.0 Å². The molecular formula is C6H18O7V. The van der Waals surface area contributed by atoms with Gasteiger partial charge in [-0.1, -0.05) is 0 Å². The molecule has 0 saturated carbocycles. The number of rotatable bonds is 3. The smallest absolute Gasteiger partial charge is 2.00 e. The van der Waals surface area contributed by atoms with E-state index >= 15 is 0 Å². The second kappa shape index (κ2) is 50.7. The molecule has 7 nitrogen and oxygen atoms in total. The van der Waals surface area contributed by atoms with Crippen molar-refractivity contribution in [3.05, 3.63) is 0 Å². The van der Waals surface area contributed by atoms with Crippen molar-refractivity contribution >= 4 is 0 Å². The molecule has 0 saturated heterocycles. The summed E-state index contributed by atoms with van der Waals surface area (Å²) in [5, 5.41) is 22.1. The molecule has 0 aliphatic heterocycles. The van der Waals surface area contributed by atoms with Gasteiger partial charge in [-0.3, -0.25) is 15.8 Å². The molecule has 0 atom stereocenters. The van der Waals surface area contributed by atoms with Gasteiger partial charge < -0.3 is 5.48 Å². The van der Waals surface area contributed by atoms with E-state index in [9.17, 15) is 0 Å². The van der Waals surface area contributed by atoms with Crippen LogP contribution < -0.4 is 0 Å².